The standard InChI is InChI=1S/C7H7ClF2N2O/c1-13-5-4(7(9)10)3(11)2-12-6(5)8/h2,7H,11H2,1H3. The summed E-state index contributed by atoms with van der Waals surface area (Å²) in [7, 11) is 1.23. The molecule has 0 aromatic carbocycles. The topological polar surface area (TPSA) is 48.1 Å². The van der Waals surface area contributed by atoms with Crippen LogP contribution < -0.4 is 10.5 Å². The second kappa shape index (κ2) is 3.74. The molecule has 1 rings (SSSR count). The maximum atomic E-state index is 12.4. The van der Waals surface area contributed by atoms with Crippen molar-refractivity contribution in [2.24, 2.45) is 0 Å². The van der Waals surface area contributed by atoms with Crippen molar-refractivity contribution in [1.82, 2.24) is 4.98 Å². The van der Waals surface area contributed by atoms with E-state index in [1.165, 1.54) is 7.11 Å². The summed E-state index contributed by atoms with van der Waals surface area (Å²) >= 11 is 5.52. The van der Waals surface area contributed by atoms with Gasteiger partial charge in [-0.2, -0.15) is 0 Å². The average Bonchev–Trinajstić information content (AvgIpc) is 2.07. The smallest absolute Gasteiger partial charge is 0.269 e. The molecule has 6 heteroatoms. The molecule has 0 bridgehead atoms. The summed E-state index contributed by atoms with van der Waals surface area (Å²) < 4.78 is 29.5. The van der Waals surface area contributed by atoms with Crippen molar-refractivity contribution in [1.29, 1.82) is 0 Å². The highest BCUT2D eigenvalue weighted by atomic mass is 35.5. The van der Waals surface area contributed by atoms with Crippen molar-refractivity contribution in [3.63, 3.8) is 0 Å². The number of pyridine rings is 1. The van der Waals surface area contributed by atoms with Crippen molar-refractivity contribution in [3.05, 3.63) is 16.9 Å². The van der Waals surface area contributed by atoms with Crippen LogP contribution in [0.5, 0.6) is 5.75 Å². The van der Waals surface area contributed by atoms with E-state index in [2.05, 4.69) is 9.72 Å². The average molecular weight is 209 g/mol. The zero-order valence-corrected chi connectivity index (χ0v) is 7.48. The molecular formula is C7H7ClF2N2O. The molecule has 0 aliphatic heterocycles. The van der Waals surface area contributed by atoms with Gasteiger partial charge in [0, 0.05) is 0 Å². The van der Waals surface area contributed by atoms with E-state index in [1.807, 2.05) is 0 Å². The Hall–Kier alpha value is -1.10. The number of alkyl halides is 2. The van der Waals surface area contributed by atoms with Crippen LogP contribution in [0.2, 0.25) is 5.15 Å². The van der Waals surface area contributed by atoms with Crippen LogP contribution in [0.3, 0.4) is 0 Å². The molecule has 1 aromatic rings. The predicted molar refractivity (Wildman–Crippen MR) is 45.2 cm³/mol. The Labute approximate surface area is 78.5 Å². The van der Waals surface area contributed by atoms with E-state index in [4.69, 9.17) is 17.3 Å². The third-order valence-corrected chi connectivity index (χ3v) is 1.75. The predicted octanol–water partition coefficient (Wildman–Crippen LogP) is 2.26. The summed E-state index contributed by atoms with van der Waals surface area (Å²) in [5.74, 6) is -0.170. The first kappa shape index (κ1) is 9.98. The Kier molecular flexibility index (Phi) is 2.87. The van der Waals surface area contributed by atoms with E-state index in [0.717, 1.165) is 6.20 Å². The number of rotatable bonds is 2. The van der Waals surface area contributed by atoms with Gasteiger partial charge in [0.1, 0.15) is 0 Å². The molecule has 0 aliphatic rings. The van der Waals surface area contributed by atoms with Gasteiger partial charge in [-0.1, -0.05) is 11.6 Å². The molecule has 0 aliphatic carbocycles. The van der Waals surface area contributed by atoms with E-state index in [9.17, 15) is 8.78 Å². The molecule has 72 valence electrons. The number of nitrogens with zero attached hydrogens (tertiary/aromatic N) is 1. The van der Waals surface area contributed by atoms with Crippen LogP contribution >= 0.6 is 11.6 Å². The molecule has 0 saturated carbocycles. The fourth-order valence-electron chi connectivity index (χ4n) is 0.916. The van der Waals surface area contributed by atoms with Gasteiger partial charge in [-0.15, -0.1) is 0 Å². The van der Waals surface area contributed by atoms with Crippen molar-refractivity contribution in [2.45, 2.75) is 6.43 Å². The number of nitrogens with two attached hydrogens (primary N) is 1. The number of methoxy groups -OCH3 is 1. The lowest BCUT2D eigenvalue weighted by atomic mass is 10.2. The van der Waals surface area contributed by atoms with Gasteiger partial charge in [0.15, 0.2) is 10.9 Å². The number of anilines is 1. The third-order valence-electron chi connectivity index (χ3n) is 1.48. The van der Waals surface area contributed by atoms with Crippen molar-refractivity contribution >= 4 is 17.3 Å². The molecule has 3 nitrogen and oxygen atoms in total. The van der Waals surface area contributed by atoms with Crippen molar-refractivity contribution < 1.29 is 13.5 Å². The number of aromatic nitrogens is 1. The molecular weight excluding hydrogens is 202 g/mol. The number of hydrogen-bond acceptors (Lipinski definition) is 3. The second-order valence-electron chi connectivity index (χ2n) is 2.25. The number of hydrogen-bond donors (Lipinski definition) is 1. The van der Waals surface area contributed by atoms with Gasteiger partial charge in [0.25, 0.3) is 6.43 Å². The highest BCUT2D eigenvalue weighted by molar-refractivity contribution is 6.31. The normalized spacial score (nSPS) is 10.5. The Morgan fingerprint density at radius 3 is 2.62 bits per heavy atom. The van der Waals surface area contributed by atoms with Gasteiger partial charge >= 0.3 is 0 Å². The van der Waals surface area contributed by atoms with Crippen LogP contribution in [-0.4, -0.2) is 12.1 Å². The quantitative estimate of drug-likeness (QED) is 0.759. The van der Waals surface area contributed by atoms with Crippen LogP contribution in [0.25, 0.3) is 0 Å². The highest BCUT2D eigenvalue weighted by Crippen LogP contribution is 2.37. The molecule has 13 heavy (non-hydrogen) atoms. The maximum absolute atomic E-state index is 12.4. The fraction of sp³-hybridized carbons (Fsp3) is 0.286. The molecule has 1 heterocycles. The van der Waals surface area contributed by atoms with Gasteiger partial charge in [-0.3, -0.25) is 0 Å². The molecule has 0 amide bonds. The van der Waals surface area contributed by atoms with Crippen LogP contribution in [-0.2, 0) is 0 Å². The van der Waals surface area contributed by atoms with Crippen LogP contribution in [0.4, 0.5) is 14.5 Å². The minimum atomic E-state index is -2.73. The van der Waals surface area contributed by atoms with E-state index < -0.39 is 12.0 Å². The van der Waals surface area contributed by atoms with Gasteiger partial charge in [-0.05, 0) is 0 Å². The summed E-state index contributed by atoms with van der Waals surface area (Å²) in [5, 5.41) is -0.119. The first-order chi connectivity index (χ1) is 6.07. The lowest BCUT2D eigenvalue weighted by Gasteiger charge is -2.10. The minimum Gasteiger partial charge on any atom is -0.493 e. The number of ether oxygens (including phenoxy) is 1. The summed E-state index contributed by atoms with van der Waals surface area (Å²) in [6, 6.07) is 0. The lowest BCUT2D eigenvalue weighted by molar-refractivity contribution is 0.148. The third kappa shape index (κ3) is 1.80. The summed E-state index contributed by atoms with van der Waals surface area (Å²) in [4.78, 5) is 3.57. The SMILES string of the molecule is COc1c(Cl)ncc(N)c1C(F)F. The van der Waals surface area contributed by atoms with Crippen molar-refractivity contribution in [2.75, 3.05) is 12.8 Å². The molecule has 0 fully saturated rings. The molecule has 0 saturated heterocycles. The molecule has 1 aromatic heterocycles. The summed E-state index contributed by atoms with van der Waals surface area (Å²) in [6.07, 6.45) is -1.65. The Balaban J connectivity index is 3.35. The van der Waals surface area contributed by atoms with Gasteiger partial charge in [-0.25, -0.2) is 13.8 Å². The van der Waals surface area contributed by atoms with E-state index >= 15 is 0 Å². The van der Waals surface area contributed by atoms with Gasteiger partial charge in [0.2, 0.25) is 0 Å². The first-order valence-electron chi connectivity index (χ1n) is 3.34. The van der Waals surface area contributed by atoms with Crippen LogP contribution in [0.1, 0.15) is 12.0 Å². The zero-order valence-electron chi connectivity index (χ0n) is 6.72. The second-order valence-corrected chi connectivity index (χ2v) is 2.61. The number of halogens is 3. The Bertz CT molecular complexity index is 320. The van der Waals surface area contributed by atoms with E-state index in [1.54, 1.807) is 0 Å². The molecule has 0 atom stereocenters. The number of nitrogen functional groups attached to an aromatic ring is 1. The first-order valence-corrected chi connectivity index (χ1v) is 3.71. The molecule has 2 N–H and O–H groups in total. The van der Waals surface area contributed by atoms with Crippen molar-refractivity contribution in [3.8, 4) is 5.75 Å². The Morgan fingerprint density at radius 1 is 1.62 bits per heavy atom. The monoisotopic (exact) mass is 208 g/mol. The summed E-state index contributed by atoms with van der Waals surface area (Å²) in [6.45, 7) is 0. The largest absolute Gasteiger partial charge is 0.493 e. The fourth-order valence-corrected chi connectivity index (χ4v) is 1.14. The molecule has 0 spiro atoms. The lowest BCUT2D eigenvalue weighted by Crippen LogP contribution is -2.01. The zero-order chi connectivity index (χ0) is 10.0. The molecule has 0 radical (unpaired) electrons. The molecule has 0 unspecified atom stereocenters. The summed E-state index contributed by atoms with van der Waals surface area (Å²) in [5.41, 5.74) is 4.74. The van der Waals surface area contributed by atoms with Crippen LogP contribution in [0.15, 0.2) is 6.20 Å². The van der Waals surface area contributed by atoms with Crippen LogP contribution in [0, 0.1) is 0 Å². The maximum Gasteiger partial charge on any atom is 0.269 e. The van der Waals surface area contributed by atoms with E-state index in [-0.39, 0.29) is 16.6 Å². The van der Waals surface area contributed by atoms with Gasteiger partial charge in [0.05, 0.1) is 24.6 Å². The minimum absolute atomic E-state index is 0.119. The Morgan fingerprint density at radius 2 is 2.23 bits per heavy atom. The highest BCUT2D eigenvalue weighted by Gasteiger charge is 2.20. The van der Waals surface area contributed by atoms with E-state index in [0.29, 0.717) is 0 Å². The van der Waals surface area contributed by atoms with Gasteiger partial charge < -0.3 is 10.5 Å².